The molecule has 22 heavy (non-hydrogen) atoms. The van der Waals surface area contributed by atoms with E-state index in [1.54, 1.807) is 7.11 Å². The van der Waals surface area contributed by atoms with Gasteiger partial charge in [0.1, 0.15) is 5.75 Å². The number of aliphatic hydroxyl groups excluding tert-OH is 1. The highest BCUT2D eigenvalue weighted by Gasteiger charge is 2.13. The number of ether oxygens (including phenoxy) is 1. The fourth-order valence-corrected chi connectivity index (χ4v) is 2.07. The van der Waals surface area contributed by atoms with Gasteiger partial charge in [-0.2, -0.15) is 4.98 Å². The van der Waals surface area contributed by atoms with Gasteiger partial charge in [-0.05, 0) is 6.07 Å². The molecule has 2 rings (SSSR count). The molecule has 1 heterocycles. The summed E-state index contributed by atoms with van der Waals surface area (Å²) >= 11 is 0. The second-order valence-electron chi connectivity index (χ2n) is 4.55. The predicted octanol–water partition coefficient (Wildman–Crippen LogP) is 0.953. The lowest BCUT2D eigenvalue weighted by atomic mass is 10.2. The summed E-state index contributed by atoms with van der Waals surface area (Å²) < 4.78 is 10.3. The van der Waals surface area contributed by atoms with E-state index in [1.165, 1.54) is 0 Å². The maximum Gasteiger partial charge on any atom is 0.240 e. The van der Waals surface area contributed by atoms with Crippen molar-refractivity contribution in [3.63, 3.8) is 0 Å². The summed E-state index contributed by atoms with van der Waals surface area (Å²) in [5, 5.41) is 13.1. The molecule has 0 saturated carbocycles. The minimum Gasteiger partial charge on any atom is -0.496 e. The van der Waals surface area contributed by atoms with Gasteiger partial charge in [-0.1, -0.05) is 23.4 Å². The van der Waals surface area contributed by atoms with Crippen molar-refractivity contribution < 1.29 is 14.4 Å². The summed E-state index contributed by atoms with van der Waals surface area (Å²) in [5.41, 5.74) is 6.49. The second-order valence-corrected chi connectivity index (χ2v) is 4.55. The zero-order valence-electron chi connectivity index (χ0n) is 12.4. The molecule has 7 nitrogen and oxygen atoms in total. The average molecular weight is 329 g/mol. The van der Waals surface area contributed by atoms with Crippen LogP contribution >= 0.6 is 12.4 Å². The third-order valence-electron chi connectivity index (χ3n) is 3.05. The van der Waals surface area contributed by atoms with Crippen LogP contribution in [0.3, 0.4) is 0 Å². The molecule has 0 bridgehead atoms. The molecule has 2 aromatic rings. The molecule has 1 aromatic heterocycles. The second kappa shape index (κ2) is 9.37. The Morgan fingerprint density at radius 1 is 1.32 bits per heavy atom. The van der Waals surface area contributed by atoms with Gasteiger partial charge in [-0.25, -0.2) is 0 Å². The Bertz CT molecular complexity index is 565. The molecule has 3 N–H and O–H groups in total. The summed E-state index contributed by atoms with van der Waals surface area (Å²) in [6.45, 7) is 1.87. The van der Waals surface area contributed by atoms with E-state index in [0.717, 1.165) is 11.3 Å². The molecule has 0 fully saturated rings. The topological polar surface area (TPSA) is 97.6 Å². The van der Waals surface area contributed by atoms with Crippen molar-refractivity contribution >= 4 is 12.4 Å². The SMILES string of the molecule is COc1ccccc1CN(CCO)Cc1noc(CN)n1.Cl. The first kappa shape index (κ1) is 18.4. The molecule has 1 aromatic carbocycles. The van der Waals surface area contributed by atoms with Crippen molar-refractivity contribution in [3.8, 4) is 5.75 Å². The molecule has 122 valence electrons. The number of halogens is 1. The molecule has 0 saturated heterocycles. The first-order chi connectivity index (χ1) is 10.3. The minimum absolute atomic E-state index is 0. The van der Waals surface area contributed by atoms with Crippen LogP contribution < -0.4 is 10.5 Å². The van der Waals surface area contributed by atoms with Crippen LogP contribution in [0.25, 0.3) is 0 Å². The summed E-state index contributed by atoms with van der Waals surface area (Å²) in [4.78, 5) is 6.19. The highest BCUT2D eigenvalue weighted by Crippen LogP contribution is 2.19. The van der Waals surface area contributed by atoms with Crippen molar-refractivity contribution in [2.24, 2.45) is 5.73 Å². The standard InChI is InChI=1S/C14H20N4O3.ClH/c1-20-12-5-3-2-4-11(12)9-18(6-7-19)10-13-16-14(8-15)21-17-13;/h2-5,19H,6-10,15H2,1H3;1H. The van der Waals surface area contributed by atoms with E-state index in [-0.39, 0.29) is 25.6 Å². The molecule has 0 spiro atoms. The van der Waals surface area contributed by atoms with Gasteiger partial charge in [0.2, 0.25) is 5.89 Å². The van der Waals surface area contributed by atoms with Gasteiger partial charge in [-0.3, -0.25) is 4.90 Å². The number of benzene rings is 1. The predicted molar refractivity (Wildman–Crippen MR) is 83.6 cm³/mol. The van der Waals surface area contributed by atoms with Gasteiger partial charge >= 0.3 is 0 Å². The molecule has 0 amide bonds. The first-order valence-electron chi connectivity index (χ1n) is 6.73. The van der Waals surface area contributed by atoms with E-state index in [2.05, 4.69) is 10.1 Å². The lowest BCUT2D eigenvalue weighted by Crippen LogP contribution is -2.26. The monoisotopic (exact) mass is 328 g/mol. The highest BCUT2D eigenvalue weighted by molar-refractivity contribution is 5.85. The number of para-hydroxylation sites is 1. The van der Waals surface area contributed by atoms with Crippen LogP contribution in [-0.2, 0) is 19.6 Å². The molecule has 0 radical (unpaired) electrons. The number of hydrogen-bond acceptors (Lipinski definition) is 7. The van der Waals surface area contributed by atoms with Gasteiger partial charge in [-0.15, -0.1) is 12.4 Å². The van der Waals surface area contributed by atoms with E-state index in [9.17, 15) is 5.11 Å². The summed E-state index contributed by atoms with van der Waals surface area (Å²) in [6.07, 6.45) is 0. The van der Waals surface area contributed by atoms with Crippen LogP contribution in [0.5, 0.6) is 5.75 Å². The molecule has 0 aliphatic carbocycles. The van der Waals surface area contributed by atoms with Gasteiger partial charge in [0.05, 0.1) is 26.8 Å². The third-order valence-corrected chi connectivity index (χ3v) is 3.05. The van der Waals surface area contributed by atoms with Crippen molar-refractivity contribution in [3.05, 3.63) is 41.5 Å². The summed E-state index contributed by atoms with van der Waals surface area (Å²) in [5.74, 6) is 1.78. The molecular weight excluding hydrogens is 308 g/mol. The van der Waals surface area contributed by atoms with Crippen LogP contribution in [0.2, 0.25) is 0 Å². The van der Waals surface area contributed by atoms with Crippen LogP contribution in [-0.4, -0.2) is 40.4 Å². The van der Waals surface area contributed by atoms with Gasteiger partial charge in [0, 0.05) is 18.7 Å². The molecule has 0 atom stereocenters. The zero-order chi connectivity index (χ0) is 15.1. The maximum absolute atomic E-state index is 9.21. The molecule has 8 heteroatoms. The Hall–Kier alpha value is -1.67. The fraction of sp³-hybridized carbons (Fsp3) is 0.429. The molecular formula is C14H21ClN4O3. The quantitative estimate of drug-likeness (QED) is 0.744. The average Bonchev–Trinajstić information content (AvgIpc) is 2.95. The van der Waals surface area contributed by atoms with Crippen LogP contribution in [0.1, 0.15) is 17.3 Å². The number of methoxy groups -OCH3 is 1. The molecule has 0 unspecified atom stereocenters. The number of nitrogens with zero attached hydrogens (tertiary/aromatic N) is 3. The van der Waals surface area contributed by atoms with E-state index in [1.807, 2.05) is 29.2 Å². The number of aromatic nitrogens is 2. The van der Waals surface area contributed by atoms with Crippen molar-refractivity contribution in [1.29, 1.82) is 0 Å². The summed E-state index contributed by atoms with van der Waals surface area (Å²) in [7, 11) is 1.64. The Kier molecular flexibility index (Phi) is 7.83. The molecule has 0 aliphatic rings. The third kappa shape index (κ3) is 4.96. The Morgan fingerprint density at radius 3 is 2.73 bits per heavy atom. The largest absolute Gasteiger partial charge is 0.496 e. The zero-order valence-corrected chi connectivity index (χ0v) is 13.3. The Balaban J connectivity index is 0.00000242. The van der Waals surface area contributed by atoms with E-state index < -0.39 is 0 Å². The normalized spacial score (nSPS) is 10.5. The van der Waals surface area contributed by atoms with Gasteiger partial charge < -0.3 is 20.1 Å². The summed E-state index contributed by atoms with van der Waals surface area (Å²) in [6, 6.07) is 7.78. The van der Waals surface area contributed by atoms with Crippen molar-refractivity contribution in [2.75, 3.05) is 20.3 Å². The Labute approximate surface area is 135 Å². The number of rotatable bonds is 8. The Morgan fingerprint density at radius 2 is 2.09 bits per heavy atom. The van der Waals surface area contributed by atoms with E-state index in [4.69, 9.17) is 15.0 Å². The minimum atomic E-state index is 0. The fourth-order valence-electron chi connectivity index (χ4n) is 2.07. The lowest BCUT2D eigenvalue weighted by molar-refractivity contribution is 0.178. The van der Waals surface area contributed by atoms with E-state index >= 15 is 0 Å². The van der Waals surface area contributed by atoms with Crippen molar-refractivity contribution in [1.82, 2.24) is 15.0 Å². The maximum atomic E-state index is 9.21. The lowest BCUT2D eigenvalue weighted by Gasteiger charge is -2.20. The molecule has 0 aliphatic heterocycles. The van der Waals surface area contributed by atoms with Crippen molar-refractivity contribution in [2.45, 2.75) is 19.6 Å². The van der Waals surface area contributed by atoms with Gasteiger partial charge in [0.15, 0.2) is 5.82 Å². The van der Waals surface area contributed by atoms with Crippen LogP contribution in [0.15, 0.2) is 28.8 Å². The number of hydrogen-bond donors (Lipinski definition) is 2. The first-order valence-corrected chi connectivity index (χ1v) is 6.73. The van der Waals surface area contributed by atoms with E-state index in [0.29, 0.717) is 31.3 Å². The number of nitrogens with two attached hydrogens (primary N) is 1. The highest BCUT2D eigenvalue weighted by atomic mass is 35.5. The smallest absolute Gasteiger partial charge is 0.240 e. The number of aliphatic hydroxyl groups is 1. The van der Waals surface area contributed by atoms with Gasteiger partial charge in [0.25, 0.3) is 0 Å². The van der Waals surface area contributed by atoms with Crippen LogP contribution in [0, 0.1) is 0 Å². The van der Waals surface area contributed by atoms with Crippen LogP contribution in [0.4, 0.5) is 0 Å².